The lowest BCUT2D eigenvalue weighted by molar-refractivity contribution is -0.133. The van der Waals surface area contributed by atoms with Gasteiger partial charge in [-0.1, -0.05) is 19.8 Å². The largest absolute Gasteiger partial charge is 0.340 e. The molecule has 1 aliphatic rings. The summed E-state index contributed by atoms with van der Waals surface area (Å²) < 4.78 is 0. The summed E-state index contributed by atoms with van der Waals surface area (Å²) >= 11 is 1.75. The minimum atomic E-state index is 0. The summed E-state index contributed by atoms with van der Waals surface area (Å²) in [6.45, 7) is 7.43. The highest BCUT2D eigenvalue weighted by molar-refractivity contribution is 7.09. The number of thiazole rings is 1. The summed E-state index contributed by atoms with van der Waals surface area (Å²) in [5.74, 6) is 0.319. The third kappa shape index (κ3) is 8.69. The summed E-state index contributed by atoms with van der Waals surface area (Å²) in [7, 11) is 0. The van der Waals surface area contributed by atoms with Crippen molar-refractivity contribution in [3.8, 4) is 0 Å². The third-order valence-corrected chi connectivity index (χ3v) is 5.40. The van der Waals surface area contributed by atoms with Gasteiger partial charge in [-0.2, -0.15) is 0 Å². The van der Waals surface area contributed by atoms with Gasteiger partial charge >= 0.3 is 0 Å². The fraction of sp³-hybridized carbons (Fsp3) is 0.765. The van der Waals surface area contributed by atoms with Gasteiger partial charge in [-0.3, -0.25) is 9.69 Å². The number of aryl methyl sites for hydroxylation is 1. The summed E-state index contributed by atoms with van der Waals surface area (Å²) in [6.07, 6.45) is 6.03. The molecule has 0 saturated carbocycles. The van der Waals surface area contributed by atoms with Crippen LogP contribution >= 0.6 is 36.2 Å². The molecule has 1 aromatic heterocycles. The van der Waals surface area contributed by atoms with Crippen LogP contribution in [0.5, 0.6) is 0 Å². The molecule has 25 heavy (non-hydrogen) atoms. The van der Waals surface area contributed by atoms with Crippen molar-refractivity contribution in [3.63, 3.8) is 0 Å². The van der Waals surface area contributed by atoms with Crippen LogP contribution in [0.2, 0.25) is 0 Å². The first-order valence-electron chi connectivity index (χ1n) is 8.86. The van der Waals surface area contributed by atoms with Gasteiger partial charge in [0.05, 0.1) is 10.7 Å². The number of carbonyl (C=O) groups is 1. The molecule has 146 valence electrons. The van der Waals surface area contributed by atoms with Crippen molar-refractivity contribution < 1.29 is 4.79 Å². The van der Waals surface area contributed by atoms with Crippen LogP contribution in [0.3, 0.4) is 0 Å². The summed E-state index contributed by atoms with van der Waals surface area (Å²) in [4.78, 5) is 21.3. The lowest BCUT2D eigenvalue weighted by atomic mass is 10.1. The van der Waals surface area contributed by atoms with Crippen LogP contribution < -0.4 is 5.73 Å². The van der Waals surface area contributed by atoms with Gasteiger partial charge < -0.3 is 10.6 Å². The summed E-state index contributed by atoms with van der Waals surface area (Å²) in [5.41, 5.74) is 6.65. The maximum atomic E-state index is 12.2. The molecule has 2 rings (SSSR count). The average molecular weight is 411 g/mol. The zero-order valence-electron chi connectivity index (χ0n) is 15.1. The molecule has 5 nitrogen and oxygen atoms in total. The highest BCUT2D eigenvalue weighted by Crippen LogP contribution is 2.14. The molecule has 1 aromatic rings. The number of amides is 1. The van der Waals surface area contributed by atoms with Crippen LogP contribution in [0.25, 0.3) is 0 Å². The van der Waals surface area contributed by atoms with E-state index in [1.807, 2.05) is 4.90 Å². The lowest BCUT2D eigenvalue weighted by Gasteiger charge is -2.34. The number of aromatic nitrogens is 1. The predicted molar refractivity (Wildman–Crippen MR) is 110 cm³/mol. The van der Waals surface area contributed by atoms with Gasteiger partial charge in [-0.25, -0.2) is 4.98 Å². The molecule has 0 spiro atoms. The van der Waals surface area contributed by atoms with Gasteiger partial charge in [0.1, 0.15) is 0 Å². The number of nitrogens with two attached hydrogens (primary N) is 1. The highest BCUT2D eigenvalue weighted by Gasteiger charge is 2.21. The van der Waals surface area contributed by atoms with Crippen molar-refractivity contribution in [3.05, 3.63) is 16.1 Å². The van der Waals surface area contributed by atoms with Crippen LogP contribution in [0, 0.1) is 0 Å². The Morgan fingerprint density at radius 3 is 2.44 bits per heavy atom. The van der Waals surface area contributed by atoms with Crippen molar-refractivity contribution in [1.82, 2.24) is 14.8 Å². The minimum absolute atomic E-state index is 0. The Morgan fingerprint density at radius 2 is 1.84 bits per heavy atom. The number of piperazine rings is 1. The Morgan fingerprint density at radius 1 is 1.16 bits per heavy atom. The van der Waals surface area contributed by atoms with Gasteiger partial charge in [0.15, 0.2) is 0 Å². The topological polar surface area (TPSA) is 62.5 Å². The first-order valence-corrected chi connectivity index (χ1v) is 9.74. The molecule has 0 atom stereocenters. The quantitative estimate of drug-likeness (QED) is 0.635. The number of nitrogens with zero attached hydrogens (tertiary/aromatic N) is 3. The van der Waals surface area contributed by atoms with E-state index in [4.69, 9.17) is 5.73 Å². The molecule has 0 radical (unpaired) electrons. The van der Waals surface area contributed by atoms with E-state index in [0.29, 0.717) is 12.3 Å². The van der Waals surface area contributed by atoms with E-state index in [2.05, 4.69) is 22.2 Å². The Labute approximate surface area is 168 Å². The number of halogens is 2. The first-order chi connectivity index (χ1) is 11.2. The van der Waals surface area contributed by atoms with E-state index in [1.165, 1.54) is 10.7 Å². The van der Waals surface area contributed by atoms with Gasteiger partial charge in [0.25, 0.3) is 0 Å². The van der Waals surface area contributed by atoms with Crippen molar-refractivity contribution in [1.29, 1.82) is 0 Å². The number of unbranched alkanes of at least 4 members (excludes halogenated alkanes) is 3. The van der Waals surface area contributed by atoms with E-state index in [0.717, 1.165) is 71.4 Å². The molecule has 0 unspecified atom stereocenters. The molecule has 2 N–H and O–H groups in total. The van der Waals surface area contributed by atoms with E-state index < -0.39 is 0 Å². The second-order valence-electron chi connectivity index (χ2n) is 6.20. The van der Waals surface area contributed by atoms with E-state index in [1.54, 1.807) is 11.3 Å². The second kappa shape index (κ2) is 13.8. The van der Waals surface area contributed by atoms with Gasteiger partial charge in [-0.15, -0.1) is 36.2 Å². The van der Waals surface area contributed by atoms with Gasteiger partial charge in [0.2, 0.25) is 5.91 Å². The summed E-state index contributed by atoms with van der Waals surface area (Å²) in [5, 5.41) is 3.38. The highest BCUT2D eigenvalue weighted by atomic mass is 35.5. The molecular weight excluding hydrogens is 379 g/mol. The Hall–Kier alpha value is -0.400. The van der Waals surface area contributed by atoms with Crippen LogP contribution in [0.15, 0.2) is 5.38 Å². The molecule has 8 heteroatoms. The standard InChI is InChI=1S/C17H30N4OS.2ClH/c1-2-16-19-15(14-23-16)13-20-9-11-21(12-10-20)17(22)7-5-3-4-6-8-18;;/h14H,2-13,18H2,1H3;2*1H. The molecule has 0 bridgehead atoms. The zero-order valence-corrected chi connectivity index (χ0v) is 17.6. The van der Waals surface area contributed by atoms with Crippen molar-refractivity contribution in [2.24, 2.45) is 5.73 Å². The van der Waals surface area contributed by atoms with Crippen molar-refractivity contribution in [2.75, 3.05) is 32.7 Å². The molecule has 2 heterocycles. The van der Waals surface area contributed by atoms with E-state index >= 15 is 0 Å². The Balaban J connectivity index is 0.00000288. The minimum Gasteiger partial charge on any atom is -0.340 e. The lowest BCUT2D eigenvalue weighted by Crippen LogP contribution is -2.48. The van der Waals surface area contributed by atoms with E-state index in [-0.39, 0.29) is 24.8 Å². The van der Waals surface area contributed by atoms with Crippen LogP contribution in [0.4, 0.5) is 0 Å². The summed E-state index contributed by atoms with van der Waals surface area (Å²) in [6, 6.07) is 0. The number of rotatable bonds is 9. The molecule has 1 fully saturated rings. The van der Waals surface area contributed by atoms with Crippen molar-refractivity contribution >= 4 is 42.1 Å². The number of hydrogen-bond donors (Lipinski definition) is 1. The van der Waals surface area contributed by atoms with Crippen molar-refractivity contribution in [2.45, 2.75) is 52.0 Å². The normalized spacial score (nSPS) is 14.7. The molecule has 0 aromatic carbocycles. The maximum absolute atomic E-state index is 12.2. The predicted octanol–water partition coefficient (Wildman–Crippen LogP) is 3.10. The SMILES string of the molecule is CCc1nc(CN2CCN(C(=O)CCCCCCN)CC2)cs1.Cl.Cl. The fourth-order valence-electron chi connectivity index (χ4n) is 2.90. The van der Waals surface area contributed by atoms with Crippen LogP contribution in [-0.2, 0) is 17.8 Å². The molecule has 1 amide bonds. The maximum Gasteiger partial charge on any atom is 0.222 e. The second-order valence-corrected chi connectivity index (χ2v) is 7.14. The number of carbonyl (C=O) groups excluding carboxylic acids is 1. The average Bonchev–Trinajstić information content (AvgIpc) is 3.03. The zero-order chi connectivity index (χ0) is 16.5. The fourth-order valence-corrected chi connectivity index (χ4v) is 3.64. The molecule has 1 saturated heterocycles. The molecule has 0 aliphatic carbocycles. The van der Waals surface area contributed by atoms with Gasteiger partial charge in [0, 0.05) is 44.5 Å². The first kappa shape index (κ1) is 24.6. The molecule has 1 aliphatic heterocycles. The third-order valence-electron chi connectivity index (χ3n) is 4.36. The number of hydrogen-bond acceptors (Lipinski definition) is 5. The Bertz CT molecular complexity index is 479. The molecular formula is C17H32Cl2N4OS. The Kier molecular flexibility index (Phi) is 13.5. The van der Waals surface area contributed by atoms with E-state index in [9.17, 15) is 4.79 Å². The van der Waals surface area contributed by atoms with Crippen LogP contribution in [0.1, 0.15) is 49.7 Å². The monoisotopic (exact) mass is 410 g/mol. The van der Waals surface area contributed by atoms with Gasteiger partial charge in [-0.05, 0) is 25.8 Å². The smallest absolute Gasteiger partial charge is 0.222 e. The van der Waals surface area contributed by atoms with Crippen LogP contribution in [-0.4, -0.2) is 53.4 Å².